The van der Waals surface area contributed by atoms with Crippen LogP contribution in [0.5, 0.6) is 0 Å². The van der Waals surface area contributed by atoms with E-state index in [1.165, 1.54) is 16.4 Å². The first-order valence-corrected chi connectivity index (χ1v) is 11.3. The average molecular weight is 429 g/mol. The fourth-order valence-corrected chi connectivity index (χ4v) is 5.27. The van der Waals surface area contributed by atoms with E-state index in [0.29, 0.717) is 37.6 Å². The number of carbonyl (C=O) groups is 2. The van der Waals surface area contributed by atoms with Crippen LogP contribution >= 0.6 is 0 Å². The molecule has 0 bridgehead atoms. The SMILES string of the molecule is O=C(Nc1cccc(N2CCCC2=O)c1)c1ccccc1S(=O)(=O)N1CCOCC1. The number of hydrogen-bond acceptors (Lipinski definition) is 5. The minimum Gasteiger partial charge on any atom is -0.379 e. The molecule has 0 saturated carbocycles. The third kappa shape index (κ3) is 4.09. The van der Waals surface area contributed by atoms with E-state index in [1.54, 1.807) is 35.2 Å². The molecule has 2 aliphatic rings. The first-order valence-electron chi connectivity index (χ1n) is 9.85. The number of nitrogens with zero attached hydrogens (tertiary/aromatic N) is 2. The van der Waals surface area contributed by atoms with Gasteiger partial charge in [-0.3, -0.25) is 9.59 Å². The molecular formula is C21H23N3O5S. The summed E-state index contributed by atoms with van der Waals surface area (Å²) in [6, 6.07) is 13.2. The van der Waals surface area contributed by atoms with Crippen LogP contribution in [0.4, 0.5) is 11.4 Å². The van der Waals surface area contributed by atoms with Crippen LogP contribution in [-0.2, 0) is 19.6 Å². The fourth-order valence-electron chi connectivity index (χ4n) is 3.68. The maximum atomic E-state index is 13.1. The summed E-state index contributed by atoms with van der Waals surface area (Å²) >= 11 is 0. The Labute approximate surface area is 175 Å². The average Bonchev–Trinajstić information content (AvgIpc) is 3.20. The molecule has 9 heteroatoms. The lowest BCUT2D eigenvalue weighted by Crippen LogP contribution is -2.41. The van der Waals surface area contributed by atoms with E-state index in [4.69, 9.17) is 4.74 Å². The number of morpholine rings is 1. The molecule has 2 aromatic carbocycles. The van der Waals surface area contributed by atoms with Gasteiger partial charge in [-0.05, 0) is 36.8 Å². The Morgan fingerprint density at radius 3 is 2.50 bits per heavy atom. The van der Waals surface area contributed by atoms with Crippen LogP contribution in [0.25, 0.3) is 0 Å². The summed E-state index contributed by atoms with van der Waals surface area (Å²) in [7, 11) is -3.82. The number of sulfonamides is 1. The molecule has 2 saturated heterocycles. The highest BCUT2D eigenvalue weighted by Gasteiger charge is 2.30. The Hall–Kier alpha value is -2.75. The van der Waals surface area contributed by atoms with Gasteiger partial charge in [0.05, 0.1) is 23.7 Å². The van der Waals surface area contributed by atoms with Crippen LogP contribution in [0.15, 0.2) is 53.4 Å². The standard InChI is InChI=1S/C21H23N3O5S/c25-20-9-4-10-24(20)17-6-3-5-16(15-17)22-21(26)18-7-1-2-8-19(18)30(27,28)23-11-13-29-14-12-23/h1-3,5-8,15H,4,9-14H2,(H,22,26). The highest BCUT2D eigenvalue weighted by atomic mass is 32.2. The molecular weight excluding hydrogens is 406 g/mol. The zero-order chi connectivity index (χ0) is 21.1. The zero-order valence-electron chi connectivity index (χ0n) is 16.4. The van der Waals surface area contributed by atoms with Gasteiger partial charge < -0.3 is 15.0 Å². The van der Waals surface area contributed by atoms with Crippen molar-refractivity contribution in [2.75, 3.05) is 43.1 Å². The Kier molecular flexibility index (Phi) is 5.85. The molecule has 8 nitrogen and oxygen atoms in total. The van der Waals surface area contributed by atoms with Gasteiger partial charge in [0.1, 0.15) is 0 Å². The lowest BCUT2D eigenvalue weighted by Gasteiger charge is -2.26. The number of benzene rings is 2. The molecule has 0 atom stereocenters. The van der Waals surface area contributed by atoms with Gasteiger partial charge in [0, 0.05) is 37.4 Å². The van der Waals surface area contributed by atoms with Gasteiger partial charge >= 0.3 is 0 Å². The molecule has 1 N–H and O–H groups in total. The summed E-state index contributed by atoms with van der Waals surface area (Å²) in [5, 5.41) is 2.77. The van der Waals surface area contributed by atoms with Crippen molar-refractivity contribution in [1.29, 1.82) is 0 Å². The second-order valence-electron chi connectivity index (χ2n) is 7.17. The van der Waals surface area contributed by atoms with Gasteiger partial charge in [0.2, 0.25) is 15.9 Å². The van der Waals surface area contributed by atoms with Crippen LogP contribution in [0.3, 0.4) is 0 Å². The highest BCUT2D eigenvalue weighted by molar-refractivity contribution is 7.89. The summed E-state index contributed by atoms with van der Waals surface area (Å²) in [5.41, 5.74) is 1.28. The molecule has 2 aliphatic heterocycles. The molecule has 158 valence electrons. The molecule has 2 fully saturated rings. The van der Waals surface area contributed by atoms with Gasteiger partial charge in [-0.2, -0.15) is 4.31 Å². The lowest BCUT2D eigenvalue weighted by molar-refractivity contribution is -0.117. The first kappa shape index (κ1) is 20.5. The van der Waals surface area contributed by atoms with E-state index in [9.17, 15) is 18.0 Å². The topological polar surface area (TPSA) is 96.0 Å². The number of rotatable bonds is 5. The van der Waals surface area contributed by atoms with Crippen molar-refractivity contribution < 1.29 is 22.7 Å². The maximum absolute atomic E-state index is 13.1. The molecule has 0 unspecified atom stereocenters. The molecule has 30 heavy (non-hydrogen) atoms. The highest BCUT2D eigenvalue weighted by Crippen LogP contribution is 2.26. The van der Waals surface area contributed by atoms with Gasteiger partial charge in [-0.1, -0.05) is 18.2 Å². The molecule has 2 aromatic rings. The van der Waals surface area contributed by atoms with Crippen LogP contribution in [0.1, 0.15) is 23.2 Å². The Balaban J connectivity index is 1.58. The predicted octanol–water partition coefficient (Wildman–Crippen LogP) is 2.09. The molecule has 2 amide bonds. The van der Waals surface area contributed by atoms with Crippen molar-refractivity contribution in [2.45, 2.75) is 17.7 Å². The Morgan fingerprint density at radius 1 is 1.00 bits per heavy atom. The summed E-state index contributed by atoms with van der Waals surface area (Å²) in [5.74, 6) is -0.465. The van der Waals surface area contributed by atoms with Crippen molar-refractivity contribution in [3.05, 3.63) is 54.1 Å². The zero-order valence-corrected chi connectivity index (χ0v) is 17.2. The molecule has 2 heterocycles. The quantitative estimate of drug-likeness (QED) is 0.785. The smallest absolute Gasteiger partial charge is 0.257 e. The maximum Gasteiger partial charge on any atom is 0.257 e. The monoisotopic (exact) mass is 429 g/mol. The molecule has 0 radical (unpaired) electrons. The number of nitrogens with one attached hydrogen (secondary N) is 1. The normalized spacial score (nSPS) is 17.9. The fraction of sp³-hybridized carbons (Fsp3) is 0.333. The lowest BCUT2D eigenvalue weighted by atomic mass is 10.2. The summed E-state index contributed by atoms with van der Waals surface area (Å²) in [6.45, 7) is 1.82. The third-order valence-electron chi connectivity index (χ3n) is 5.21. The summed E-state index contributed by atoms with van der Waals surface area (Å²) in [4.78, 5) is 26.6. The van der Waals surface area contributed by atoms with Gasteiger partial charge in [-0.15, -0.1) is 0 Å². The molecule has 0 aliphatic carbocycles. The van der Waals surface area contributed by atoms with Crippen molar-refractivity contribution in [2.24, 2.45) is 0 Å². The number of hydrogen-bond donors (Lipinski definition) is 1. The third-order valence-corrected chi connectivity index (χ3v) is 7.17. The molecule has 0 aromatic heterocycles. The second kappa shape index (κ2) is 8.55. The minimum atomic E-state index is -3.82. The second-order valence-corrected chi connectivity index (χ2v) is 9.07. The number of amides is 2. The summed E-state index contributed by atoms with van der Waals surface area (Å²) < 4.78 is 32.7. The summed E-state index contributed by atoms with van der Waals surface area (Å²) in [6.07, 6.45) is 1.32. The largest absolute Gasteiger partial charge is 0.379 e. The Morgan fingerprint density at radius 2 is 1.77 bits per heavy atom. The van der Waals surface area contributed by atoms with Crippen LogP contribution < -0.4 is 10.2 Å². The Bertz CT molecular complexity index is 1060. The van der Waals surface area contributed by atoms with Crippen molar-refractivity contribution >= 4 is 33.2 Å². The van der Waals surface area contributed by atoms with Crippen LogP contribution in [0.2, 0.25) is 0 Å². The number of anilines is 2. The van der Waals surface area contributed by atoms with Crippen molar-refractivity contribution in [3.63, 3.8) is 0 Å². The van der Waals surface area contributed by atoms with Crippen molar-refractivity contribution in [1.82, 2.24) is 4.31 Å². The number of carbonyl (C=O) groups excluding carboxylic acids is 2. The van der Waals surface area contributed by atoms with E-state index in [1.807, 2.05) is 6.07 Å². The molecule has 0 spiro atoms. The minimum absolute atomic E-state index is 0.0322. The van der Waals surface area contributed by atoms with Gasteiger partial charge in [0.25, 0.3) is 5.91 Å². The van der Waals surface area contributed by atoms with Gasteiger partial charge in [0.15, 0.2) is 0 Å². The van der Waals surface area contributed by atoms with E-state index in [-0.39, 0.29) is 29.5 Å². The van der Waals surface area contributed by atoms with Gasteiger partial charge in [-0.25, -0.2) is 8.42 Å². The van der Waals surface area contributed by atoms with Crippen LogP contribution in [-0.4, -0.2) is 57.4 Å². The number of ether oxygens (including phenoxy) is 1. The predicted molar refractivity (Wildman–Crippen MR) is 112 cm³/mol. The van der Waals surface area contributed by atoms with E-state index in [2.05, 4.69) is 5.32 Å². The van der Waals surface area contributed by atoms with Crippen molar-refractivity contribution in [3.8, 4) is 0 Å². The van der Waals surface area contributed by atoms with E-state index < -0.39 is 15.9 Å². The van der Waals surface area contributed by atoms with E-state index >= 15 is 0 Å². The van der Waals surface area contributed by atoms with Crippen LogP contribution in [0, 0.1) is 0 Å². The molecule has 4 rings (SSSR count). The van der Waals surface area contributed by atoms with E-state index in [0.717, 1.165) is 6.42 Å². The first-order chi connectivity index (χ1) is 14.5.